The number of benzene rings is 1. The van der Waals surface area contributed by atoms with Crippen LogP contribution in [0.25, 0.3) is 0 Å². The minimum atomic E-state index is -1.10. The molecule has 12 heavy (non-hydrogen) atoms. The van der Waals surface area contributed by atoms with E-state index in [1.54, 1.807) is 0 Å². The van der Waals surface area contributed by atoms with Crippen LogP contribution < -0.4 is 0 Å². The minimum Gasteiger partial charge on any atom is -0.263 e. The largest absolute Gasteiger partial charge is 0.319 e. The van der Waals surface area contributed by atoms with Crippen LogP contribution in [0.4, 0.5) is 4.39 Å². The average molecular weight is 232 g/mol. The van der Waals surface area contributed by atoms with Gasteiger partial charge in [0.15, 0.2) is 0 Å². The molecule has 1 aromatic rings. The van der Waals surface area contributed by atoms with Crippen LogP contribution in [0.1, 0.15) is 10.4 Å². The molecule has 0 aliphatic carbocycles. The van der Waals surface area contributed by atoms with E-state index in [0.717, 1.165) is 6.07 Å². The molecule has 0 atom stereocenters. The Labute approximate surface area is 75.7 Å². The molecule has 1 amide bonds. The van der Waals surface area contributed by atoms with E-state index in [9.17, 15) is 14.1 Å². The van der Waals surface area contributed by atoms with E-state index < -0.39 is 11.7 Å². The maximum atomic E-state index is 12.8. The van der Waals surface area contributed by atoms with Crippen LogP contribution in [-0.4, -0.2) is 5.91 Å². The third-order valence-electron chi connectivity index (χ3n) is 1.24. The summed E-state index contributed by atoms with van der Waals surface area (Å²) in [5, 5.41) is 2.11. The van der Waals surface area contributed by atoms with Crippen molar-refractivity contribution < 1.29 is 9.18 Å². The quantitative estimate of drug-likeness (QED) is 0.698. The second-order valence-electron chi connectivity index (χ2n) is 2.02. The molecular weight excluding hydrogens is 229 g/mol. The molecule has 0 fully saturated rings. The van der Waals surface area contributed by atoms with Gasteiger partial charge in [-0.05, 0) is 18.2 Å². The van der Waals surface area contributed by atoms with Crippen molar-refractivity contribution in [1.82, 2.24) is 0 Å². The first-order valence-corrected chi connectivity index (χ1v) is 3.77. The summed E-state index contributed by atoms with van der Waals surface area (Å²) in [6, 6.07) is 3.72. The Morgan fingerprint density at radius 3 is 2.75 bits per heavy atom. The van der Waals surface area contributed by atoms with E-state index in [4.69, 9.17) is 0 Å². The molecule has 0 N–H and O–H groups in total. The van der Waals surface area contributed by atoms with Crippen LogP contribution in [0.15, 0.2) is 27.8 Å². The number of hydrogen-bond donors (Lipinski definition) is 0. The summed E-state index contributed by atoms with van der Waals surface area (Å²) in [6.07, 6.45) is 0. The number of amides is 1. The van der Waals surface area contributed by atoms with Crippen molar-refractivity contribution in [2.24, 2.45) is 5.18 Å². The SMILES string of the molecule is O=NC(=O)c1cc(Br)ccc1F. The van der Waals surface area contributed by atoms with Gasteiger partial charge in [0.25, 0.3) is 0 Å². The first-order chi connectivity index (χ1) is 5.65. The lowest BCUT2D eigenvalue weighted by Crippen LogP contribution is -1.97. The van der Waals surface area contributed by atoms with Crippen molar-refractivity contribution in [2.45, 2.75) is 0 Å². The Morgan fingerprint density at radius 1 is 1.50 bits per heavy atom. The maximum Gasteiger partial charge on any atom is 0.319 e. The van der Waals surface area contributed by atoms with Gasteiger partial charge < -0.3 is 0 Å². The Balaban J connectivity index is 3.22. The molecule has 0 bridgehead atoms. The highest BCUT2D eigenvalue weighted by Gasteiger charge is 2.11. The van der Waals surface area contributed by atoms with E-state index in [1.807, 2.05) is 0 Å². The monoisotopic (exact) mass is 231 g/mol. The number of carbonyl (C=O) groups excluding carboxylic acids is 1. The van der Waals surface area contributed by atoms with Crippen LogP contribution >= 0.6 is 15.9 Å². The van der Waals surface area contributed by atoms with Crippen LogP contribution in [0.2, 0.25) is 0 Å². The molecule has 0 saturated heterocycles. The zero-order valence-electron chi connectivity index (χ0n) is 5.75. The van der Waals surface area contributed by atoms with Gasteiger partial charge in [-0.25, -0.2) is 4.39 Å². The zero-order chi connectivity index (χ0) is 9.14. The lowest BCUT2D eigenvalue weighted by molar-refractivity contribution is 0.0997. The molecule has 1 aromatic carbocycles. The summed E-state index contributed by atoms with van der Waals surface area (Å²) in [4.78, 5) is 20.4. The van der Waals surface area contributed by atoms with Gasteiger partial charge in [-0.15, -0.1) is 4.91 Å². The van der Waals surface area contributed by atoms with Crippen molar-refractivity contribution >= 4 is 21.8 Å². The number of carbonyl (C=O) groups is 1. The van der Waals surface area contributed by atoms with E-state index in [2.05, 4.69) is 21.1 Å². The minimum absolute atomic E-state index is 0.320. The maximum absolute atomic E-state index is 12.8. The number of rotatable bonds is 1. The van der Waals surface area contributed by atoms with Gasteiger partial charge in [-0.1, -0.05) is 15.9 Å². The predicted molar refractivity (Wildman–Crippen MR) is 44.2 cm³/mol. The molecule has 0 heterocycles. The van der Waals surface area contributed by atoms with Crippen molar-refractivity contribution in [1.29, 1.82) is 0 Å². The third kappa shape index (κ3) is 1.73. The molecule has 0 aliphatic heterocycles. The van der Waals surface area contributed by atoms with Crippen molar-refractivity contribution in [3.63, 3.8) is 0 Å². The molecule has 1 rings (SSSR count). The fraction of sp³-hybridized carbons (Fsp3) is 0. The Kier molecular flexibility index (Phi) is 2.65. The first kappa shape index (κ1) is 8.99. The van der Waals surface area contributed by atoms with Gasteiger partial charge in [0.2, 0.25) is 0 Å². The smallest absolute Gasteiger partial charge is 0.263 e. The fourth-order valence-corrected chi connectivity index (χ4v) is 1.07. The van der Waals surface area contributed by atoms with Crippen LogP contribution in [0, 0.1) is 10.7 Å². The van der Waals surface area contributed by atoms with Gasteiger partial charge in [-0.2, -0.15) is 0 Å². The topological polar surface area (TPSA) is 46.5 Å². The average Bonchev–Trinajstić information content (AvgIpc) is 2.08. The number of nitroso groups, excluding NO2 is 1. The fourth-order valence-electron chi connectivity index (χ4n) is 0.711. The summed E-state index contributed by atoms with van der Waals surface area (Å²) >= 11 is 3.03. The summed E-state index contributed by atoms with van der Waals surface area (Å²) in [7, 11) is 0. The molecule has 5 heteroatoms. The molecule has 0 unspecified atom stereocenters. The number of hydrogen-bond acceptors (Lipinski definition) is 2. The zero-order valence-corrected chi connectivity index (χ0v) is 7.34. The van der Waals surface area contributed by atoms with Crippen LogP contribution in [0.3, 0.4) is 0 Å². The highest BCUT2D eigenvalue weighted by molar-refractivity contribution is 9.10. The Morgan fingerprint density at radius 2 is 2.17 bits per heavy atom. The summed E-state index contributed by atoms with van der Waals surface area (Å²) in [5.41, 5.74) is -0.320. The Hall–Kier alpha value is -1.10. The summed E-state index contributed by atoms with van der Waals surface area (Å²) in [6.45, 7) is 0. The van der Waals surface area contributed by atoms with Crippen LogP contribution in [0.5, 0.6) is 0 Å². The first-order valence-electron chi connectivity index (χ1n) is 2.98. The van der Waals surface area contributed by atoms with Crippen molar-refractivity contribution in [2.75, 3.05) is 0 Å². The molecule has 3 nitrogen and oxygen atoms in total. The predicted octanol–water partition coefficient (Wildman–Crippen LogP) is 2.49. The molecule has 0 spiro atoms. The van der Waals surface area contributed by atoms with E-state index in [1.165, 1.54) is 12.1 Å². The lowest BCUT2D eigenvalue weighted by atomic mass is 10.2. The second-order valence-corrected chi connectivity index (χ2v) is 2.94. The summed E-state index contributed by atoms with van der Waals surface area (Å²) in [5.74, 6) is -1.85. The van der Waals surface area contributed by atoms with Gasteiger partial charge in [0.1, 0.15) is 5.82 Å². The lowest BCUT2D eigenvalue weighted by Gasteiger charge is -1.95. The number of nitrogens with zero attached hydrogens (tertiary/aromatic N) is 1. The molecule has 62 valence electrons. The molecule has 0 radical (unpaired) electrons. The third-order valence-corrected chi connectivity index (χ3v) is 1.73. The van der Waals surface area contributed by atoms with Gasteiger partial charge >= 0.3 is 5.91 Å². The van der Waals surface area contributed by atoms with Crippen LogP contribution in [-0.2, 0) is 0 Å². The summed E-state index contributed by atoms with van der Waals surface area (Å²) < 4.78 is 13.3. The highest BCUT2D eigenvalue weighted by Crippen LogP contribution is 2.16. The molecule has 0 saturated carbocycles. The molecule has 0 aromatic heterocycles. The normalized spacial score (nSPS) is 9.50. The van der Waals surface area contributed by atoms with E-state index in [0.29, 0.717) is 4.47 Å². The van der Waals surface area contributed by atoms with Crippen molar-refractivity contribution in [3.8, 4) is 0 Å². The van der Waals surface area contributed by atoms with Gasteiger partial charge in [-0.3, -0.25) is 4.79 Å². The van der Waals surface area contributed by atoms with E-state index in [-0.39, 0.29) is 5.56 Å². The van der Waals surface area contributed by atoms with E-state index >= 15 is 0 Å². The van der Waals surface area contributed by atoms with Gasteiger partial charge in [0, 0.05) is 9.65 Å². The Bertz CT molecular complexity index is 340. The van der Waals surface area contributed by atoms with Gasteiger partial charge in [0.05, 0.1) is 5.56 Å². The highest BCUT2D eigenvalue weighted by atomic mass is 79.9. The number of halogens is 2. The molecule has 0 aliphatic rings. The molecular formula is C7H3BrFNO2. The second kappa shape index (κ2) is 3.53. The standard InChI is InChI=1S/C7H3BrFNO2/c8-4-1-2-6(9)5(3-4)7(11)10-12/h1-3H. The van der Waals surface area contributed by atoms with Crippen molar-refractivity contribution in [3.05, 3.63) is 39.0 Å².